The number of allylic oxidation sites excluding steroid dienone is 2. The third-order valence-electron chi connectivity index (χ3n) is 8.40. The molecule has 39 heavy (non-hydrogen) atoms. The molecule has 0 radical (unpaired) electrons. The third kappa shape index (κ3) is 4.71. The van der Waals surface area contributed by atoms with Crippen molar-refractivity contribution >= 4 is 28.9 Å². The summed E-state index contributed by atoms with van der Waals surface area (Å²) in [6.07, 6.45) is 8.16. The lowest BCUT2D eigenvalue weighted by Crippen LogP contribution is -3.08. The Kier molecular flexibility index (Phi) is 6.89. The van der Waals surface area contributed by atoms with Gasteiger partial charge in [0.2, 0.25) is 11.7 Å². The first-order valence-electron chi connectivity index (χ1n) is 13.5. The van der Waals surface area contributed by atoms with Crippen LogP contribution in [-0.4, -0.2) is 65.0 Å². The molecular formula is C31H31ClN6O. The monoisotopic (exact) mass is 538 g/mol. The van der Waals surface area contributed by atoms with E-state index < -0.39 is 0 Å². The summed E-state index contributed by atoms with van der Waals surface area (Å²) >= 11 is 0. The number of carbonyl (C=O) groups is 1. The molecule has 1 aliphatic carbocycles. The molecule has 0 bridgehead atoms. The normalized spacial score (nSPS) is 24.3. The lowest BCUT2D eigenvalue weighted by Gasteiger charge is -2.46. The first-order chi connectivity index (χ1) is 18.6. The zero-order chi connectivity index (χ0) is 25.6. The standard InChI is InChI=1S/C31H30N6O.ClH/c1-21(38)35-13-15-36(16-14-35)26-17-25(18-26)30-29-20-32-11-12-37(29)31(34-30)24-8-7-23-9-10-27(33-28(23)19-24)22-5-3-2-4-6-22;/h2-12,19-20,25-26H,13-18H2,1H3;1H. The van der Waals surface area contributed by atoms with Crippen LogP contribution in [0.25, 0.3) is 22.2 Å². The minimum atomic E-state index is 0. The van der Waals surface area contributed by atoms with Crippen LogP contribution in [0.1, 0.15) is 25.3 Å². The zero-order valence-electron chi connectivity index (χ0n) is 21.9. The van der Waals surface area contributed by atoms with E-state index in [-0.39, 0.29) is 18.3 Å². The zero-order valence-corrected chi connectivity index (χ0v) is 22.7. The molecule has 4 heterocycles. The van der Waals surface area contributed by atoms with Crippen LogP contribution >= 0.6 is 0 Å². The highest BCUT2D eigenvalue weighted by Crippen LogP contribution is 2.39. The van der Waals surface area contributed by atoms with Gasteiger partial charge in [-0.25, -0.2) is 9.88 Å². The number of nitrogens with one attached hydrogen (secondary N) is 1. The van der Waals surface area contributed by atoms with Crippen LogP contribution in [0.2, 0.25) is 0 Å². The van der Waals surface area contributed by atoms with Gasteiger partial charge in [0.1, 0.15) is 11.9 Å². The van der Waals surface area contributed by atoms with E-state index >= 15 is 0 Å². The van der Waals surface area contributed by atoms with Crippen molar-refractivity contribution in [3.8, 4) is 11.3 Å². The lowest BCUT2D eigenvalue weighted by molar-refractivity contribution is -0.689. The maximum absolute atomic E-state index is 11.7. The number of nitrogens with zero attached hydrogens (tertiary/aromatic N) is 5. The topological polar surface area (TPSA) is 65.6 Å². The van der Waals surface area contributed by atoms with Crippen molar-refractivity contribution < 1.29 is 22.1 Å². The predicted octanol–water partition coefficient (Wildman–Crippen LogP) is 0.261. The number of aromatic nitrogens is 1. The van der Waals surface area contributed by atoms with Gasteiger partial charge in [-0.15, -0.1) is 0 Å². The van der Waals surface area contributed by atoms with Gasteiger partial charge in [0, 0.05) is 56.0 Å². The second kappa shape index (κ2) is 10.5. The van der Waals surface area contributed by atoms with Gasteiger partial charge in [-0.05, 0) is 31.0 Å². The number of hydrogen-bond acceptors (Lipinski definition) is 5. The minimum Gasteiger partial charge on any atom is -1.00 e. The maximum atomic E-state index is 11.7. The Morgan fingerprint density at radius 1 is 0.949 bits per heavy atom. The molecule has 2 aromatic carbocycles. The number of quaternary nitrogens is 1. The second-order valence-corrected chi connectivity index (χ2v) is 10.6. The number of aliphatic imine (C=N–C) groups is 2. The van der Waals surface area contributed by atoms with Gasteiger partial charge in [0.25, 0.3) is 0 Å². The molecule has 0 spiro atoms. The Hall–Kier alpha value is -3.65. The van der Waals surface area contributed by atoms with Crippen LogP contribution in [0.15, 0.2) is 94.4 Å². The van der Waals surface area contributed by atoms with Gasteiger partial charge in [-0.3, -0.25) is 14.7 Å². The summed E-state index contributed by atoms with van der Waals surface area (Å²) in [6, 6.07) is 21.6. The second-order valence-electron chi connectivity index (χ2n) is 10.6. The summed E-state index contributed by atoms with van der Waals surface area (Å²) < 4.78 is 0. The molecule has 1 saturated carbocycles. The molecule has 1 saturated heterocycles. The van der Waals surface area contributed by atoms with Crippen LogP contribution in [0.3, 0.4) is 0 Å². The number of pyridine rings is 1. The smallest absolute Gasteiger partial charge is 0.243 e. The van der Waals surface area contributed by atoms with Gasteiger partial charge >= 0.3 is 0 Å². The number of fused-ring (bicyclic) bond motifs is 2. The summed E-state index contributed by atoms with van der Waals surface area (Å²) in [5, 5.41) is 1.12. The first kappa shape index (κ1) is 25.6. The molecule has 7 nitrogen and oxygen atoms in total. The van der Waals surface area contributed by atoms with Crippen LogP contribution in [-0.2, 0) is 4.79 Å². The van der Waals surface area contributed by atoms with Crippen molar-refractivity contribution in [1.82, 2.24) is 14.8 Å². The fourth-order valence-electron chi connectivity index (χ4n) is 6.12. The molecule has 4 aliphatic rings. The van der Waals surface area contributed by atoms with Crippen LogP contribution in [0, 0.1) is 5.92 Å². The molecule has 3 aromatic rings. The molecule has 1 unspecified atom stereocenters. The van der Waals surface area contributed by atoms with Gasteiger partial charge in [0.15, 0.2) is 5.70 Å². The van der Waals surface area contributed by atoms with E-state index in [1.165, 1.54) is 11.4 Å². The molecule has 3 aliphatic heterocycles. The number of benzene rings is 2. The molecule has 1 aromatic heterocycles. The molecule has 1 atom stereocenters. The summed E-state index contributed by atoms with van der Waals surface area (Å²) in [5.74, 6) is 1.64. The Balaban J connectivity index is 0.00000277. The Bertz CT molecular complexity index is 1530. The van der Waals surface area contributed by atoms with Gasteiger partial charge in [-0.2, -0.15) is 4.99 Å². The largest absolute Gasteiger partial charge is 1.00 e. The van der Waals surface area contributed by atoms with Crippen molar-refractivity contribution in [2.75, 3.05) is 26.2 Å². The van der Waals surface area contributed by atoms with E-state index in [0.717, 1.165) is 77.5 Å². The molecule has 198 valence electrons. The third-order valence-corrected chi connectivity index (χ3v) is 8.40. The SMILES string of the molecule is CC(=O)N1CCN(C2CC(C3=C4C=NC=C[NH+]4C(c4ccc5ccc(-c6ccccc6)nc5c4)=N3)C2)CC1.[Cl-]. The average Bonchev–Trinajstić information content (AvgIpc) is 3.32. The summed E-state index contributed by atoms with van der Waals surface area (Å²) in [4.78, 5) is 32.0. The van der Waals surface area contributed by atoms with Crippen molar-refractivity contribution in [1.29, 1.82) is 0 Å². The number of carbonyl (C=O) groups excluding carboxylic acids is 1. The minimum absolute atomic E-state index is 0. The number of amides is 1. The molecule has 1 N–H and O–H groups in total. The fourth-order valence-corrected chi connectivity index (χ4v) is 6.12. The number of halogens is 1. The molecular weight excluding hydrogens is 508 g/mol. The number of hydrogen-bond donors (Lipinski definition) is 1. The highest BCUT2D eigenvalue weighted by Gasteiger charge is 2.43. The average molecular weight is 539 g/mol. The van der Waals surface area contributed by atoms with Gasteiger partial charge < -0.3 is 17.3 Å². The summed E-state index contributed by atoms with van der Waals surface area (Å²) in [5.41, 5.74) is 6.50. The Morgan fingerprint density at radius 3 is 2.49 bits per heavy atom. The molecule has 2 fully saturated rings. The van der Waals surface area contributed by atoms with E-state index in [2.05, 4.69) is 58.6 Å². The number of rotatable bonds is 4. The van der Waals surface area contributed by atoms with Crippen molar-refractivity contribution in [3.63, 3.8) is 0 Å². The Morgan fingerprint density at radius 2 is 1.72 bits per heavy atom. The highest BCUT2D eigenvalue weighted by atomic mass is 35.5. The van der Waals surface area contributed by atoms with Crippen LogP contribution in [0.5, 0.6) is 0 Å². The van der Waals surface area contributed by atoms with Gasteiger partial charge in [0.05, 0.1) is 29.2 Å². The van der Waals surface area contributed by atoms with E-state index in [1.54, 1.807) is 6.92 Å². The van der Waals surface area contributed by atoms with Crippen LogP contribution < -0.4 is 17.3 Å². The number of amidine groups is 1. The van der Waals surface area contributed by atoms with Crippen molar-refractivity contribution in [3.05, 3.63) is 90.0 Å². The van der Waals surface area contributed by atoms with E-state index in [0.29, 0.717) is 12.0 Å². The van der Waals surface area contributed by atoms with E-state index in [4.69, 9.17) is 9.98 Å². The van der Waals surface area contributed by atoms with E-state index in [9.17, 15) is 4.79 Å². The highest BCUT2D eigenvalue weighted by molar-refractivity contribution is 6.01. The fraction of sp³-hybridized carbons (Fsp3) is 0.290. The van der Waals surface area contributed by atoms with E-state index in [1.807, 2.05) is 35.5 Å². The molecule has 7 rings (SSSR count). The molecule has 1 amide bonds. The van der Waals surface area contributed by atoms with Crippen molar-refractivity contribution in [2.24, 2.45) is 15.9 Å². The predicted molar refractivity (Wildman–Crippen MR) is 150 cm³/mol. The van der Waals surface area contributed by atoms with Gasteiger partial charge in [-0.1, -0.05) is 42.5 Å². The number of piperazine rings is 1. The lowest BCUT2D eigenvalue weighted by atomic mass is 9.76. The molecule has 8 heteroatoms. The Labute approximate surface area is 234 Å². The first-order valence-corrected chi connectivity index (χ1v) is 13.5. The van der Waals surface area contributed by atoms with Crippen LogP contribution in [0.4, 0.5) is 0 Å². The summed E-state index contributed by atoms with van der Waals surface area (Å²) in [6.45, 7) is 5.27. The maximum Gasteiger partial charge on any atom is 0.243 e. The summed E-state index contributed by atoms with van der Waals surface area (Å²) in [7, 11) is 0. The quantitative estimate of drug-likeness (QED) is 0.518. The van der Waals surface area contributed by atoms with Crippen molar-refractivity contribution in [2.45, 2.75) is 25.8 Å².